The first kappa shape index (κ1) is 15.3. The summed E-state index contributed by atoms with van der Waals surface area (Å²) >= 11 is 7.14. The molecule has 3 nitrogen and oxygen atoms in total. The van der Waals surface area contributed by atoms with Gasteiger partial charge in [0.15, 0.2) is 0 Å². The van der Waals surface area contributed by atoms with Crippen molar-refractivity contribution in [3.63, 3.8) is 0 Å². The summed E-state index contributed by atoms with van der Waals surface area (Å²) in [6, 6.07) is 4.93. The summed E-state index contributed by atoms with van der Waals surface area (Å²) in [6.45, 7) is 3.42. The predicted molar refractivity (Wildman–Crippen MR) is 83.7 cm³/mol. The predicted octanol–water partition coefficient (Wildman–Crippen LogP) is 3.88. The van der Waals surface area contributed by atoms with Crippen LogP contribution in [0.4, 0.5) is 0 Å². The molecule has 0 aliphatic heterocycles. The van der Waals surface area contributed by atoms with Crippen LogP contribution in [-0.4, -0.2) is 25.9 Å². The molecule has 106 valence electrons. The van der Waals surface area contributed by atoms with E-state index in [1.54, 1.807) is 7.11 Å². The van der Waals surface area contributed by atoms with Gasteiger partial charge in [0.05, 0.1) is 15.0 Å². The van der Waals surface area contributed by atoms with Gasteiger partial charge in [-0.3, -0.25) is 0 Å². The second kappa shape index (κ2) is 7.07. The van der Waals surface area contributed by atoms with Crippen molar-refractivity contribution in [2.75, 3.05) is 13.7 Å². The molecule has 0 amide bonds. The second-order valence-electron chi connectivity index (χ2n) is 4.90. The molecule has 0 radical (unpaired) electrons. The van der Waals surface area contributed by atoms with Gasteiger partial charge in [-0.25, -0.2) is 0 Å². The van der Waals surface area contributed by atoms with E-state index in [4.69, 9.17) is 9.47 Å². The van der Waals surface area contributed by atoms with Crippen molar-refractivity contribution >= 4 is 31.9 Å². The van der Waals surface area contributed by atoms with Gasteiger partial charge in [-0.15, -0.1) is 0 Å². The largest absolute Gasteiger partial charge is 0.489 e. The molecule has 1 aliphatic rings. The quantitative estimate of drug-likeness (QED) is 0.763. The molecule has 0 saturated heterocycles. The zero-order valence-corrected chi connectivity index (χ0v) is 14.4. The lowest BCUT2D eigenvalue weighted by atomic mass is 10.2. The Hall–Kier alpha value is -0.100. The van der Waals surface area contributed by atoms with E-state index in [2.05, 4.69) is 49.3 Å². The molecule has 0 heterocycles. The lowest BCUT2D eigenvalue weighted by molar-refractivity contribution is 0.0711. The SMILES string of the molecule is COC(C)COc1c(Br)cc(CNC2CC2)cc1Br. The third kappa shape index (κ3) is 4.74. The molecule has 1 saturated carbocycles. The number of rotatable bonds is 7. The van der Waals surface area contributed by atoms with E-state index < -0.39 is 0 Å². The topological polar surface area (TPSA) is 30.5 Å². The maximum absolute atomic E-state index is 5.77. The Bertz CT molecular complexity index is 412. The molecule has 0 aromatic heterocycles. The summed E-state index contributed by atoms with van der Waals surface area (Å²) in [5.74, 6) is 0.832. The third-order valence-electron chi connectivity index (χ3n) is 3.10. The van der Waals surface area contributed by atoms with E-state index in [1.165, 1.54) is 18.4 Å². The third-order valence-corrected chi connectivity index (χ3v) is 4.27. The first-order chi connectivity index (χ1) is 9.10. The van der Waals surface area contributed by atoms with E-state index in [9.17, 15) is 0 Å². The average molecular weight is 393 g/mol. The van der Waals surface area contributed by atoms with Crippen molar-refractivity contribution in [1.82, 2.24) is 5.32 Å². The summed E-state index contributed by atoms with van der Waals surface area (Å²) in [7, 11) is 1.69. The summed E-state index contributed by atoms with van der Waals surface area (Å²) < 4.78 is 12.9. The van der Waals surface area contributed by atoms with Gasteiger partial charge in [0.2, 0.25) is 0 Å². The number of halogens is 2. The molecular weight excluding hydrogens is 374 g/mol. The van der Waals surface area contributed by atoms with Crippen LogP contribution >= 0.6 is 31.9 Å². The van der Waals surface area contributed by atoms with Crippen LogP contribution in [0, 0.1) is 0 Å². The number of hydrogen-bond acceptors (Lipinski definition) is 3. The molecule has 0 bridgehead atoms. The molecule has 1 aliphatic carbocycles. The Balaban J connectivity index is 1.98. The highest BCUT2D eigenvalue weighted by Crippen LogP contribution is 2.35. The average Bonchev–Trinajstić information content (AvgIpc) is 3.19. The van der Waals surface area contributed by atoms with Crippen LogP contribution in [0.2, 0.25) is 0 Å². The standard InChI is InChI=1S/C14H19Br2NO2/c1-9(18-2)8-19-14-12(15)5-10(6-13(14)16)7-17-11-3-4-11/h5-6,9,11,17H,3-4,7-8H2,1-2H3. The zero-order chi connectivity index (χ0) is 13.8. The van der Waals surface area contributed by atoms with Gasteiger partial charge < -0.3 is 14.8 Å². The monoisotopic (exact) mass is 391 g/mol. The molecule has 2 rings (SSSR count). The second-order valence-corrected chi connectivity index (χ2v) is 6.61. The van der Waals surface area contributed by atoms with E-state index in [0.717, 1.165) is 27.3 Å². The smallest absolute Gasteiger partial charge is 0.147 e. The molecule has 1 aromatic carbocycles. The fraction of sp³-hybridized carbons (Fsp3) is 0.571. The Morgan fingerprint density at radius 1 is 1.32 bits per heavy atom. The minimum atomic E-state index is 0.0787. The van der Waals surface area contributed by atoms with Gasteiger partial charge in [-0.2, -0.15) is 0 Å². The molecular formula is C14H19Br2NO2. The maximum atomic E-state index is 5.77. The van der Waals surface area contributed by atoms with Crippen molar-refractivity contribution in [3.05, 3.63) is 26.6 Å². The van der Waals surface area contributed by atoms with Gasteiger partial charge in [0, 0.05) is 19.7 Å². The molecule has 5 heteroatoms. The van der Waals surface area contributed by atoms with Gasteiger partial charge in [-0.05, 0) is 69.3 Å². The van der Waals surface area contributed by atoms with Gasteiger partial charge in [0.25, 0.3) is 0 Å². The first-order valence-corrected chi connectivity index (χ1v) is 8.05. The highest BCUT2D eigenvalue weighted by Gasteiger charge is 2.20. The Labute approximate surface area is 131 Å². The van der Waals surface area contributed by atoms with Gasteiger partial charge in [-0.1, -0.05) is 0 Å². The fourth-order valence-electron chi connectivity index (χ4n) is 1.67. The Morgan fingerprint density at radius 2 is 1.95 bits per heavy atom. The van der Waals surface area contributed by atoms with Crippen LogP contribution in [0.15, 0.2) is 21.1 Å². The van der Waals surface area contributed by atoms with Gasteiger partial charge in [0.1, 0.15) is 12.4 Å². The molecule has 1 fully saturated rings. The van der Waals surface area contributed by atoms with E-state index in [-0.39, 0.29) is 6.10 Å². The van der Waals surface area contributed by atoms with E-state index in [0.29, 0.717) is 6.61 Å². The molecule has 1 atom stereocenters. The highest BCUT2D eigenvalue weighted by atomic mass is 79.9. The minimum absolute atomic E-state index is 0.0787. The highest BCUT2D eigenvalue weighted by molar-refractivity contribution is 9.11. The summed E-state index contributed by atoms with van der Waals surface area (Å²) in [5.41, 5.74) is 1.25. The van der Waals surface area contributed by atoms with Crippen LogP contribution < -0.4 is 10.1 Å². The first-order valence-electron chi connectivity index (χ1n) is 6.47. The lowest BCUT2D eigenvalue weighted by Crippen LogP contribution is -2.17. The molecule has 1 unspecified atom stereocenters. The van der Waals surface area contributed by atoms with Crippen LogP contribution in [0.1, 0.15) is 25.3 Å². The van der Waals surface area contributed by atoms with Crippen molar-refractivity contribution in [2.45, 2.75) is 38.5 Å². The zero-order valence-electron chi connectivity index (χ0n) is 11.2. The van der Waals surface area contributed by atoms with Crippen LogP contribution in [0.25, 0.3) is 0 Å². The maximum Gasteiger partial charge on any atom is 0.147 e. The van der Waals surface area contributed by atoms with Crippen LogP contribution in [-0.2, 0) is 11.3 Å². The van der Waals surface area contributed by atoms with Crippen molar-refractivity contribution in [3.8, 4) is 5.75 Å². The fourth-order valence-corrected chi connectivity index (χ4v) is 3.18. The number of methoxy groups -OCH3 is 1. The number of hydrogen-bond donors (Lipinski definition) is 1. The minimum Gasteiger partial charge on any atom is -0.489 e. The van der Waals surface area contributed by atoms with Gasteiger partial charge >= 0.3 is 0 Å². The van der Waals surface area contributed by atoms with Crippen molar-refractivity contribution < 1.29 is 9.47 Å². The lowest BCUT2D eigenvalue weighted by Gasteiger charge is -2.15. The Morgan fingerprint density at radius 3 is 2.47 bits per heavy atom. The van der Waals surface area contributed by atoms with Crippen molar-refractivity contribution in [1.29, 1.82) is 0 Å². The van der Waals surface area contributed by atoms with E-state index >= 15 is 0 Å². The number of ether oxygens (including phenoxy) is 2. The number of nitrogens with one attached hydrogen (secondary N) is 1. The number of benzene rings is 1. The molecule has 1 aromatic rings. The molecule has 1 N–H and O–H groups in total. The van der Waals surface area contributed by atoms with Crippen LogP contribution in [0.3, 0.4) is 0 Å². The summed E-state index contributed by atoms with van der Waals surface area (Å²) in [6.07, 6.45) is 2.69. The van der Waals surface area contributed by atoms with E-state index in [1.807, 2.05) is 6.92 Å². The molecule has 19 heavy (non-hydrogen) atoms. The van der Waals surface area contributed by atoms with Crippen LogP contribution in [0.5, 0.6) is 5.75 Å². The summed E-state index contributed by atoms with van der Waals surface area (Å²) in [5, 5.41) is 3.50. The normalized spacial score (nSPS) is 16.4. The Kier molecular flexibility index (Phi) is 5.69. The molecule has 0 spiro atoms. The summed E-state index contributed by atoms with van der Waals surface area (Å²) in [4.78, 5) is 0. The van der Waals surface area contributed by atoms with Crippen molar-refractivity contribution in [2.24, 2.45) is 0 Å².